The number of pyridine rings is 1. The second-order valence-corrected chi connectivity index (χ2v) is 7.50. The predicted octanol–water partition coefficient (Wildman–Crippen LogP) is 3.74. The van der Waals surface area contributed by atoms with Crippen molar-refractivity contribution in [2.45, 2.75) is 37.7 Å². The van der Waals surface area contributed by atoms with Crippen molar-refractivity contribution in [3.63, 3.8) is 0 Å². The van der Waals surface area contributed by atoms with E-state index in [-0.39, 0.29) is 0 Å². The molecular formula is C22H21N5O. The van der Waals surface area contributed by atoms with Gasteiger partial charge in [0, 0.05) is 23.2 Å². The van der Waals surface area contributed by atoms with Crippen LogP contribution in [0.25, 0.3) is 33.1 Å². The minimum Gasteiger partial charge on any atom is -0.382 e. The lowest BCUT2D eigenvalue weighted by Gasteiger charge is -2.26. The molecule has 140 valence electrons. The minimum absolute atomic E-state index is 0.440. The van der Waals surface area contributed by atoms with Gasteiger partial charge in [0.2, 0.25) is 0 Å². The summed E-state index contributed by atoms with van der Waals surface area (Å²) in [6.45, 7) is 0. The standard InChI is InChI=1S/C22H21N5O/c23-20-18-13-15(16-5-10-24-21-17(16)6-11-25-21)12-14(19(18)26-27-20)4-9-22(28)7-2-1-3-8-22/h5-6,10-13,28H,1-3,7-8H2,(H,24,25)(H3,23,26,27). The third-order valence-electron chi connectivity index (χ3n) is 5.58. The number of nitrogen functional groups attached to an aromatic ring is 1. The lowest BCUT2D eigenvalue weighted by molar-refractivity contribution is 0.0610. The van der Waals surface area contributed by atoms with Gasteiger partial charge in [-0.2, -0.15) is 5.10 Å². The number of nitrogens with one attached hydrogen (secondary N) is 2. The first-order chi connectivity index (χ1) is 13.6. The third-order valence-corrected chi connectivity index (χ3v) is 5.58. The average Bonchev–Trinajstić information content (AvgIpc) is 3.33. The minimum atomic E-state index is -0.906. The lowest BCUT2D eigenvalue weighted by atomic mass is 9.85. The van der Waals surface area contributed by atoms with Crippen molar-refractivity contribution in [3.05, 3.63) is 42.2 Å². The van der Waals surface area contributed by atoms with Crippen LogP contribution in [0.1, 0.15) is 37.7 Å². The second kappa shape index (κ2) is 6.39. The van der Waals surface area contributed by atoms with Crippen molar-refractivity contribution in [3.8, 4) is 23.0 Å². The molecule has 3 aromatic heterocycles. The van der Waals surface area contributed by atoms with Gasteiger partial charge in [0.05, 0.1) is 11.1 Å². The van der Waals surface area contributed by atoms with E-state index < -0.39 is 5.60 Å². The number of nitrogens with two attached hydrogens (primary N) is 1. The van der Waals surface area contributed by atoms with Gasteiger partial charge in [-0.3, -0.25) is 5.10 Å². The van der Waals surface area contributed by atoms with Gasteiger partial charge in [0.25, 0.3) is 0 Å². The Morgan fingerprint density at radius 1 is 1.11 bits per heavy atom. The maximum absolute atomic E-state index is 10.8. The molecule has 1 aromatic carbocycles. The summed E-state index contributed by atoms with van der Waals surface area (Å²) in [5.74, 6) is 6.78. The molecule has 0 unspecified atom stereocenters. The number of rotatable bonds is 1. The molecule has 1 fully saturated rings. The molecule has 0 bridgehead atoms. The van der Waals surface area contributed by atoms with E-state index in [1.54, 1.807) is 6.20 Å². The smallest absolute Gasteiger partial charge is 0.153 e. The molecule has 28 heavy (non-hydrogen) atoms. The van der Waals surface area contributed by atoms with E-state index in [4.69, 9.17) is 5.73 Å². The van der Waals surface area contributed by atoms with Crippen LogP contribution in [-0.2, 0) is 0 Å². The first-order valence-electron chi connectivity index (χ1n) is 9.59. The van der Waals surface area contributed by atoms with Gasteiger partial charge in [0.1, 0.15) is 11.2 Å². The van der Waals surface area contributed by atoms with Crippen molar-refractivity contribution in [2.24, 2.45) is 0 Å². The fraction of sp³-hybridized carbons (Fsp3) is 0.273. The summed E-state index contributed by atoms with van der Waals surface area (Å²) in [5.41, 5.74) is 9.65. The Bertz CT molecular complexity index is 1230. The van der Waals surface area contributed by atoms with Crippen LogP contribution in [0.3, 0.4) is 0 Å². The maximum atomic E-state index is 10.8. The Labute approximate surface area is 162 Å². The summed E-state index contributed by atoms with van der Waals surface area (Å²) >= 11 is 0. The molecule has 0 amide bonds. The third kappa shape index (κ3) is 2.81. The second-order valence-electron chi connectivity index (χ2n) is 7.50. The van der Waals surface area contributed by atoms with E-state index in [0.717, 1.165) is 70.7 Å². The Morgan fingerprint density at radius 3 is 2.82 bits per heavy atom. The zero-order valence-electron chi connectivity index (χ0n) is 15.4. The molecule has 0 aliphatic heterocycles. The summed E-state index contributed by atoms with van der Waals surface area (Å²) in [6, 6.07) is 8.05. The number of fused-ring (bicyclic) bond motifs is 2. The van der Waals surface area contributed by atoms with Gasteiger partial charge in [-0.05, 0) is 61.1 Å². The summed E-state index contributed by atoms with van der Waals surface area (Å²) in [6.07, 6.45) is 8.30. The van der Waals surface area contributed by atoms with Crippen LogP contribution in [-0.4, -0.2) is 30.9 Å². The molecule has 1 aliphatic rings. The van der Waals surface area contributed by atoms with Crippen molar-refractivity contribution >= 4 is 27.8 Å². The number of hydrogen-bond acceptors (Lipinski definition) is 4. The number of hydrogen-bond donors (Lipinski definition) is 4. The molecule has 1 aliphatic carbocycles. The SMILES string of the molecule is Nc1n[nH]c2c(C#CC3(O)CCCCC3)cc(-c3ccnc4[nH]ccc34)cc12. The number of H-pyrrole nitrogens is 2. The van der Waals surface area contributed by atoms with Gasteiger partial charge in [-0.25, -0.2) is 4.98 Å². The van der Waals surface area contributed by atoms with Crippen molar-refractivity contribution in [1.82, 2.24) is 20.2 Å². The Morgan fingerprint density at radius 2 is 1.96 bits per heavy atom. The fourth-order valence-electron chi connectivity index (χ4n) is 4.05. The summed E-state index contributed by atoms with van der Waals surface area (Å²) in [7, 11) is 0. The highest BCUT2D eigenvalue weighted by Gasteiger charge is 2.26. The summed E-state index contributed by atoms with van der Waals surface area (Å²) < 4.78 is 0. The van der Waals surface area contributed by atoms with Gasteiger partial charge < -0.3 is 15.8 Å². The fourth-order valence-corrected chi connectivity index (χ4v) is 4.05. The first kappa shape index (κ1) is 16.8. The molecule has 6 nitrogen and oxygen atoms in total. The number of anilines is 1. The van der Waals surface area contributed by atoms with Crippen molar-refractivity contribution in [1.29, 1.82) is 0 Å². The van der Waals surface area contributed by atoms with E-state index in [2.05, 4.69) is 32.0 Å². The molecule has 0 atom stereocenters. The van der Waals surface area contributed by atoms with Crippen LogP contribution in [0, 0.1) is 11.8 Å². The topological polar surface area (TPSA) is 104 Å². The Kier molecular flexibility index (Phi) is 3.85. The van der Waals surface area contributed by atoms with E-state index in [1.165, 1.54) is 0 Å². The quantitative estimate of drug-likeness (QED) is 0.383. The molecule has 1 saturated carbocycles. The van der Waals surface area contributed by atoms with Crippen LogP contribution in [0.15, 0.2) is 36.7 Å². The first-order valence-corrected chi connectivity index (χ1v) is 9.59. The Balaban J connectivity index is 1.69. The van der Waals surface area contributed by atoms with Crippen LogP contribution >= 0.6 is 0 Å². The normalized spacial score (nSPS) is 16.2. The molecule has 0 saturated heterocycles. The zero-order chi connectivity index (χ0) is 19.1. The summed E-state index contributed by atoms with van der Waals surface area (Å²) in [4.78, 5) is 7.51. The highest BCUT2D eigenvalue weighted by atomic mass is 16.3. The maximum Gasteiger partial charge on any atom is 0.153 e. The highest BCUT2D eigenvalue weighted by Crippen LogP contribution is 2.33. The number of nitrogens with zero attached hydrogens (tertiary/aromatic N) is 2. The highest BCUT2D eigenvalue weighted by molar-refractivity contribution is 6.00. The average molecular weight is 371 g/mol. The summed E-state index contributed by atoms with van der Waals surface area (Å²) in [5, 5.41) is 19.8. The molecule has 5 rings (SSSR count). The van der Waals surface area contributed by atoms with E-state index in [1.807, 2.05) is 30.5 Å². The van der Waals surface area contributed by atoms with E-state index >= 15 is 0 Å². The van der Waals surface area contributed by atoms with Gasteiger partial charge >= 0.3 is 0 Å². The molecule has 0 radical (unpaired) electrons. The zero-order valence-corrected chi connectivity index (χ0v) is 15.4. The van der Waals surface area contributed by atoms with Gasteiger partial charge in [-0.1, -0.05) is 18.3 Å². The van der Waals surface area contributed by atoms with Crippen LogP contribution < -0.4 is 5.73 Å². The number of aliphatic hydroxyl groups is 1. The van der Waals surface area contributed by atoms with Crippen LogP contribution in [0.5, 0.6) is 0 Å². The van der Waals surface area contributed by atoms with Crippen molar-refractivity contribution < 1.29 is 5.11 Å². The number of aromatic amines is 2. The molecule has 4 aromatic rings. The van der Waals surface area contributed by atoms with Gasteiger partial charge in [-0.15, -0.1) is 0 Å². The van der Waals surface area contributed by atoms with Crippen LogP contribution in [0.2, 0.25) is 0 Å². The monoisotopic (exact) mass is 371 g/mol. The molecular weight excluding hydrogens is 350 g/mol. The number of aromatic nitrogens is 4. The lowest BCUT2D eigenvalue weighted by Crippen LogP contribution is -2.29. The predicted molar refractivity (Wildman–Crippen MR) is 111 cm³/mol. The van der Waals surface area contributed by atoms with E-state index in [0.29, 0.717) is 5.82 Å². The number of benzene rings is 1. The molecule has 6 heteroatoms. The molecule has 5 N–H and O–H groups in total. The van der Waals surface area contributed by atoms with Crippen LogP contribution in [0.4, 0.5) is 5.82 Å². The van der Waals surface area contributed by atoms with E-state index in [9.17, 15) is 5.11 Å². The van der Waals surface area contributed by atoms with Gasteiger partial charge in [0.15, 0.2) is 5.82 Å². The molecule has 0 spiro atoms. The van der Waals surface area contributed by atoms with Crippen molar-refractivity contribution in [2.75, 3.05) is 5.73 Å². The molecule has 3 heterocycles. The largest absolute Gasteiger partial charge is 0.382 e. The Hall–Kier alpha value is -3.30.